The van der Waals surface area contributed by atoms with Crippen molar-refractivity contribution in [3.05, 3.63) is 47.8 Å². The number of esters is 1. The number of carbonyl (C=O) groups excluding carboxylic acids is 1. The number of benzene rings is 1. The molecular weight excluding hydrogens is 266 g/mol. The Labute approximate surface area is 124 Å². The summed E-state index contributed by atoms with van der Waals surface area (Å²) in [6.45, 7) is 5.74. The molecule has 0 aliphatic heterocycles. The minimum atomic E-state index is -0.295. The molecule has 1 aromatic carbocycles. The molecule has 5 nitrogen and oxygen atoms in total. The van der Waals surface area contributed by atoms with Crippen LogP contribution in [0.4, 0.5) is 5.69 Å². The zero-order valence-electron chi connectivity index (χ0n) is 12.8. The fraction of sp³-hybridized carbons (Fsp3) is 0.375. The maximum absolute atomic E-state index is 11.8. The molecule has 1 unspecified atom stereocenters. The standard InChI is InChI=1S/C16H21N3O2/c1-11(2)21-16(20)13-5-7-14(8-6-13)18-12(3)15-9-10-17-19(15)4/h5-12,18H,1-4H3. The maximum atomic E-state index is 11.8. The Kier molecular flexibility index (Phi) is 4.62. The van der Waals surface area contributed by atoms with E-state index in [-0.39, 0.29) is 18.1 Å². The first kappa shape index (κ1) is 15.1. The number of hydrogen-bond donors (Lipinski definition) is 1. The lowest BCUT2D eigenvalue weighted by atomic mass is 10.1. The average molecular weight is 287 g/mol. The molecule has 0 saturated heterocycles. The Balaban J connectivity index is 2.03. The molecule has 0 fully saturated rings. The van der Waals surface area contributed by atoms with E-state index in [9.17, 15) is 4.79 Å². The molecule has 1 heterocycles. The van der Waals surface area contributed by atoms with Crippen molar-refractivity contribution in [1.29, 1.82) is 0 Å². The van der Waals surface area contributed by atoms with E-state index >= 15 is 0 Å². The third-order valence-corrected chi connectivity index (χ3v) is 3.15. The molecule has 0 aliphatic rings. The van der Waals surface area contributed by atoms with Crippen LogP contribution in [-0.2, 0) is 11.8 Å². The molecule has 1 N–H and O–H groups in total. The third-order valence-electron chi connectivity index (χ3n) is 3.15. The van der Waals surface area contributed by atoms with Gasteiger partial charge in [0.05, 0.1) is 23.4 Å². The van der Waals surface area contributed by atoms with Gasteiger partial charge in [-0.05, 0) is 51.1 Å². The second kappa shape index (κ2) is 6.43. The Morgan fingerprint density at radius 3 is 2.38 bits per heavy atom. The smallest absolute Gasteiger partial charge is 0.338 e. The summed E-state index contributed by atoms with van der Waals surface area (Å²) in [5.41, 5.74) is 2.60. The van der Waals surface area contributed by atoms with E-state index in [4.69, 9.17) is 4.74 Å². The van der Waals surface area contributed by atoms with Crippen LogP contribution >= 0.6 is 0 Å². The van der Waals surface area contributed by atoms with Crippen molar-refractivity contribution < 1.29 is 9.53 Å². The lowest BCUT2D eigenvalue weighted by molar-refractivity contribution is 0.0378. The van der Waals surface area contributed by atoms with Crippen molar-refractivity contribution in [2.45, 2.75) is 32.9 Å². The summed E-state index contributed by atoms with van der Waals surface area (Å²) in [4.78, 5) is 11.8. The molecule has 1 aromatic heterocycles. The molecule has 0 spiro atoms. The predicted octanol–water partition coefficient (Wildman–Crippen LogP) is 3.16. The van der Waals surface area contributed by atoms with E-state index in [0.717, 1.165) is 11.4 Å². The van der Waals surface area contributed by atoms with Gasteiger partial charge in [-0.15, -0.1) is 0 Å². The van der Waals surface area contributed by atoms with E-state index in [1.54, 1.807) is 18.3 Å². The molecule has 0 bridgehead atoms. The van der Waals surface area contributed by atoms with Gasteiger partial charge in [-0.25, -0.2) is 4.79 Å². The van der Waals surface area contributed by atoms with Crippen LogP contribution in [0, 0.1) is 0 Å². The Bertz CT molecular complexity index is 602. The van der Waals surface area contributed by atoms with Gasteiger partial charge in [0.15, 0.2) is 0 Å². The second-order valence-corrected chi connectivity index (χ2v) is 5.28. The van der Waals surface area contributed by atoms with Crippen molar-refractivity contribution >= 4 is 11.7 Å². The van der Waals surface area contributed by atoms with E-state index in [0.29, 0.717) is 5.56 Å². The first-order valence-corrected chi connectivity index (χ1v) is 7.03. The van der Waals surface area contributed by atoms with Gasteiger partial charge in [0.1, 0.15) is 0 Å². The summed E-state index contributed by atoms with van der Waals surface area (Å²) in [5.74, 6) is -0.295. The molecule has 0 saturated carbocycles. The Morgan fingerprint density at radius 2 is 1.86 bits per heavy atom. The molecule has 0 amide bonds. The van der Waals surface area contributed by atoms with Gasteiger partial charge in [-0.2, -0.15) is 5.10 Å². The summed E-state index contributed by atoms with van der Waals surface area (Å²) in [6.07, 6.45) is 1.67. The van der Waals surface area contributed by atoms with Crippen molar-refractivity contribution in [2.75, 3.05) is 5.32 Å². The van der Waals surface area contributed by atoms with Crippen LogP contribution < -0.4 is 5.32 Å². The quantitative estimate of drug-likeness (QED) is 0.858. The Hall–Kier alpha value is -2.30. The van der Waals surface area contributed by atoms with Crippen LogP contribution in [0.2, 0.25) is 0 Å². The summed E-state index contributed by atoms with van der Waals surface area (Å²) >= 11 is 0. The highest BCUT2D eigenvalue weighted by molar-refractivity contribution is 5.89. The number of nitrogens with zero attached hydrogens (tertiary/aromatic N) is 2. The minimum Gasteiger partial charge on any atom is -0.459 e. The van der Waals surface area contributed by atoms with Gasteiger partial charge in [0.25, 0.3) is 0 Å². The van der Waals surface area contributed by atoms with E-state index in [1.807, 2.05) is 43.8 Å². The van der Waals surface area contributed by atoms with Crippen molar-refractivity contribution in [1.82, 2.24) is 9.78 Å². The monoisotopic (exact) mass is 287 g/mol. The topological polar surface area (TPSA) is 56.1 Å². The van der Waals surface area contributed by atoms with Gasteiger partial charge < -0.3 is 10.1 Å². The van der Waals surface area contributed by atoms with Crippen molar-refractivity contribution in [3.8, 4) is 0 Å². The second-order valence-electron chi connectivity index (χ2n) is 5.28. The largest absolute Gasteiger partial charge is 0.459 e. The number of ether oxygens (including phenoxy) is 1. The lowest BCUT2D eigenvalue weighted by Crippen LogP contribution is -2.13. The molecular formula is C16H21N3O2. The number of aromatic nitrogens is 2. The number of carbonyl (C=O) groups is 1. The van der Waals surface area contributed by atoms with Gasteiger partial charge in [0, 0.05) is 18.9 Å². The normalized spacial score (nSPS) is 12.2. The third kappa shape index (κ3) is 3.84. The van der Waals surface area contributed by atoms with Gasteiger partial charge in [-0.3, -0.25) is 4.68 Å². The SMILES string of the molecule is CC(C)OC(=O)c1ccc(NC(C)c2ccnn2C)cc1. The van der Waals surface area contributed by atoms with Crippen LogP contribution in [0.15, 0.2) is 36.5 Å². The number of rotatable bonds is 5. The lowest BCUT2D eigenvalue weighted by Gasteiger charge is -2.16. The van der Waals surface area contributed by atoms with E-state index < -0.39 is 0 Å². The van der Waals surface area contributed by atoms with Crippen LogP contribution in [0.25, 0.3) is 0 Å². The highest BCUT2D eigenvalue weighted by atomic mass is 16.5. The summed E-state index contributed by atoms with van der Waals surface area (Å²) < 4.78 is 7.00. The van der Waals surface area contributed by atoms with Crippen LogP contribution in [0.5, 0.6) is 0 Å². The predicted molar refractivity (Wildman–Crippen MR) is 82.2 cm³/mol. The zero-order valence-corrected chi connectivity index (χ0v) is 12.8. The number of aryl methyl sites for hydroxylation is 1. The molecule has 1 atom stereocenters. The fourth-order valence-electron chi connectivity index (χ4n) is 2.12. The van der Waals surface area contributed by atoms with Gasteiger partial charge >= 0.3 is 5.97 Å². The molecule has 21 heavy (non-hydrogen) atoms. The van der Waals surface area contributed by atoms with Gasteiger partial charge in [0.2, 0.25) is 0 Å². The van der Waals surface area contributed by atoms with E-state index in [1.165, 1.54) is 0 Å². The van der Waals surface area contributed by atoms with Gasteiger partial charge in [-0.1, -0.05) is 0 Å². The van der Waals surface area contributed by atoms with Crippen LogP contribution in [0.3, 0.4) is 0 Å². The first-order chi connectivity index (χ1) is 9.97. The summed E-state index contributed by atoms with van der Waals surface area (Å²) in [7, 11) is 1.92. The molecule has 5 heteroatoms. The molecule has 2 rings (SSSR count). The zero-order chi connectivity index (χ0) is 15.4. The number of anilines is 1. The molecule has 2 aromatic rings. The van der Waals surface area contributed by atoms with Crippen molar-refractivity contribution in [3.63, 3.8) is 0 Å². The van der Waals surface area contributed by atoms with Crippen LogP contribution in [-0.4, -0.2) is 21.9 Å². The number of hydrogen-bond acceptors (Lipinski definition) is 4. The fourth-order valence-corrected chi connectivity index (χ4v) is 2.12. The molecule has 0 aliphatic carbocycles. The average Bonchev–Trinajstić information content (AvgIpc) is 2.85. The number of nitrogens with one attached hydrogen (secondary N) is 1. The highest BCUT2D eigenvalue weighted by Gasteiger charge is 2.11. The maximum Gasteiger partial charge on any atom is 0.338 e. The van der Waals surface area contributed by atoms with Crippen LogP contribution in [0.1, 0.15) is 42.9 Å². The van der Waals surface area contributed by atoms with E-state index in [2.05, 4.69) is 17.3 Å². The minimum absolute atomic E-state index is 0.111. The first-order valence-electron chi connectivity index (χ1n) is 7.03. The summed E-state index contributed by atoms with van der Waals surface area (Å²) in [5, 5.41) is 7.54. The highest BCUT2D eigenvalue weighted by Crippen LogP contribution is 2.19. The summed E-state index contributed by atoms with van der Waals surface area (Å²) in [6, 6.07) is 9.40. The molecule has 112 valence electrons. The Morgan fingerprint density at radius 1 is 1.19 bits per heavy atom. The molecule has 0 radical (unpaired) electrons. The van der Waals surface area contributed by atoms with Crippen molar-refractivity contribution in [2.24, 2.45) is 7.05 Å².